The van der Waals surface area contributed by atoms with E-state index < -0.39 is 5.41 Å². The highest BCUT2D eigenvalue weighted by atomic mass is 19.1. The van der Waals surface area contributed by atoms with Gasteiger partial charge in [-0.25, -0.2) is 4.39 Å². The van der Waals surface area contributed by atoms with E-state index in [1.54, 1.807) is 0 Å². The molecule has 3 fully saturated rings. The van der Waals surface area contributed by atoms with Crippen LogP contribution in [0.5, 0.6) is 0 Å². The van der Waals surface area contributed by atoms with Crippen molar-refractivity contribution in [2.45, 2.75) is 56.4 Å². The molecule has 0 bridgehead atoms. The third-order valence-corrected chi connectivity index (χ3v) is 7.01. The highest BCUT2D eigenvalue weighted by Gasteiger charge is 2.54. The largest absolute Gasteiger partial charge is 0.355 e. The van der Waals surface area contributed by atoms with Crippen molar-refractivity contribution in [3.63, 3.8) is 0 Å². The first-order valence-electron chi connectivity index (χ1n) is 9.80. The Bertz CT molecular complexity index is 710. The van der Waals surface area contributed by atoms with Gasteiger partial charge >= 0.3 is 0 Å². The Morgan fingerprint density at radius 2 is 1.73 bits per heavy atom. The van der Waals surface area contributed by atoms with Crippen LogP contribution in [0, 0.1) is 22.6 Å². The Hall–Kier alpha value is -1.93. The van der Waals surface area contributed by atoms with Gasteiger partial charge in [0.15, 0.2) is 0 Å². The molecule has 0 unspecified atom stereocenters. The zero-order chi connectivity index (χ0) is 18.2. The Kier molecular flexibility index (Phi) is 4.48. The topological polar surface area (TPSA) is 56.1 Å². The third-order valence-electron chi connectivity index (χ3n) is 7.01. The van der Waals surface area contributed by atoms with Gasteiger partial charge in [-0.15, -0.1) is 0 Å². The van der Waals surface area contributed by atoms with Gasteiger partial charge in [0, 0.05) is 25.6 Å². The summed E-state index contributed by atoms with van der Waals surface area (Å²) in [6, 6.07) is 9.19. The van der Waals surface area contributed by atoms with Crippen LogP contribution in [0.2, 0.25) is 0 Å². The highest BCUT2D eigenvalue weighted by molar-refractivity contribution is 5.86. The molecule has 4 rings (SSSR count). The SMILES string of the molecule is N#CC1(N2CCC3(CC2)C(=O)NC[C@H]3c2ccc(F)cc2)CCCCC1. The van der Waals surface area contributed by atoms with E-state index in [9.17, 15) is 14.4 Å². The Balaban J connectivity index is 1.55. The van der Waals surface area contributed by atoms with Gasteiger partial charge in [0.25, 0.3) is 0 Å². The maximum atomic E-state index is 13.3. The van der Waals surface area contributed by atoms with E-state index in [4.69, 9.17) is 0 Å². The number of nitrogens with one attached hydrogen (secondary N) is 1. The number of piperidine rings is 1. The zero-order valence-electron chi connectivity index (χ0n) is 15.1. The maximum Gasteiger partial charge on any atom is 0.227 e. The lowest BCUT2D eigenvalue weighted by atomic mass is 9.67. The first kappa shape index (κ1) is 17.5. The minimum absolute atomic E-state index is 0.0853. The van der Waals surface area contributed by atoms with Gasteiger partial charge in [-0.05, 0) is 43.4 Å². The number of nitriles is 1. The van der Waals surface area contributed by atoms with Crippen LogP contribution in [0.15, 0.2) is 24.3 Å². The first-order chi connectivity index (χ1) is 12.6. The van der Waals surface area contributed by atoms with Crippen molar-refractivity contribution in [3.8, 4) is 6.07 Å². The van der Waals surface area contributed by atoms with Crippen LogP contribution in [0.3, 0.4) is 0 Å². The molecule has 1 aliphatic carbocycles. The van der Waals surface area contributed by atoms with Crippen molar-refractivity contribution in [3.05, 3.63) is 35.6 Å². The second kappa shape index (κ2) is 6.66. The minimum Gasteiger partial charge on any atom is -0.355 e. The summed E-state index contributed by atoms with van der Waals surface area (Å²) in [6.07, 6.45) is 6.89. The Labute approximate surface area is 154 Å². The molecule has 2 heterocycles. The fourth-order valence-electron chi connectivity index (χ4n) is 5.40. The summed E-state index contributed by atoms with van der Waals surface area (Å²) in [5, 5.41) is 12.9. The number of rotatable bonds is 2. The normalized spacial score (nSPS) is 27.8. The summed E-state index contributed by atoms with van der Waals surface area (Å²) in [5.74, 6) is -0.0357. The van der Waals surface area contributed by atoms with Gasteiger partial charge in [-0.3, -0.25) is 9.69 Å². The average molecular weight is 355 g/mol. The molecular formula is C21H26FN3O. The summed E-state index contributed by atoms with van der Waals surface area (Å²) in [4.78, 5) is 15.1. The lowest BCUT2D eigenvalue weighted by Gasteiger charge is -2.48. The molecule has 1 aromatic rings. The van der Waals surface area contributed by atoms with Crippen molar-refractivity contribution in [1.29, 1.82) is 5.26 Å². The first-order valence-corrected chi connectivity index (χ1v) is 9.80. The van der Waals surface area contributed by atoms with Crippen molar-refractivity contribution < 1.29 is 9.18 Å². The fourth-order valence-corrected chi connectivity index (χ4v) is 5.40. The minimum atomic E-state index is -0.417. The monoisotopic (exact) mass is 355 g/mol. The highest BCUT2D eigenvalue weighted by Crippen LogP contribution is 2.49. The summed E-state index contributed by atoms with van der Waals surface area (Å²) in [6.45, 7) is 2.20. The second-order valence-corrected chi connectivity index (χ2v) is 8.16. The van der Waals surface area contributed by atoms with E-state index in [0.29, 0.717) is 6.54 Å². The fraction of sp³-hybridized carbons (Fsp3) is 0.619. The van der Waals surface area contributed by atoms with Crippen molar-refractivity contribution in [2.75, 3.05) is 19.6 Å². The number of nitrogens with zero attached hydrogens (tertiary/aromatic N) is 2. The van der Waals surface area contributed by atoms with E-state index in [2.05, 4.69) is 16.3 Å². The van der Waals surface area contributed by atoms with Gasteiger partial charge in [0.1, 0.15) is 11.4 Å². The smallest absolute Gasteiger partial charge is 0.227 e. The number of carbonyl (C=O) groups is 1. The number of hydrogen-bond acceptors (Lipinski definition) is 3. The van der Waals surface area contributed by atoms with Crippen molar-refractivity contribution in [1.82, 2.24) is 10.2 Å². The molecule has 0 aromatic heterocycles. The molecule has 1 spiro atoms. The van der Waals surface area contributed by atoms with E-state index in [1.807, 2.05) is 12.1 Å². The molecule has 1 amide bonds. The molecule has 2 saturated heterocycles. The number of benzene rings is 1. The molecule has 138 valence electrons. The molecule has 4 nitrogen and oxygen atoms in total. The van der Waals surface area contributed by atoms with Crippen LogP contribution in [0.25, 0.3) is 0 Å². The summed E-state index contributed by atoms with van der Waals surface area (Å²) >= 11 is 0. The van der Waals surface area contributed by atoms with Gasteiger partial charge < -0.3 is 5.32 Å². The van der Waals surface area contributed by atoms with Crippen LogP contribution < -0.4 is 5.32 Å². The zero-order valence-corrected chi connectivity index (χ0v) is 15.1. The van der Waals surface area contributed by atoms with Crippen LogP contribution in [-0.4, -0.2) is 36.0 Å². The second-order valence-electron chi connectivity index (χ2n) is 8.16. The molecule has 1 atom stereocenters. The number of halogens is 1. The molecule has 1 N–H and O–H groups in total. The molecule has 26 heavy (non-hydrogen) atoms. The quantitative estimate of drug-likeness (QED) is 0.885. The maximum absolute atomic E-state index is 13.3. The van der Waals surface area contributed by atoms with E-state index in [-0.39, 0.29) is 23.2 Å². The molecule has 0 radical (unpaired) electrons. The van der Waals surface area contributed by atoms with Gasteiger partial charge in [-0.1, -0.05) is 31.4 Å². The van der Waals surface area contributed by atoms with Crippen LogP contribution in [0.4, 0.5) is 4.39 Å². The number of likely N-dealkylation sites (tertiary alicyclic amines) is 1. The van der Waals surface area contributed by atoms with Crippen LogP contribution in [0.1, 0.15) is 56.4 Å². The average Bonchev–Trinajstić information content (AvgIpc) is 2.99. The van der Waals surface area contributed by atoms with E-state index >= 15 is 0 Å². The van der Waals surface area contributed by atoms with Crippen molar-refractivity contribution in [2.24, 2.45) is 5.41 Å². The predicted octanol–water partition coefficient (Wildman–Crippen LogP) is 3.35. The summed E-state index contributed by atoms with van der Waals surface area (Å²) in [5.41, 5.74) is 0.283. The summed E-state index contributed by atoms with van der Waals surface area (Å²) < 4.78 is 13.3. The number of hydrogen-bond donors (Lipinski definition) is 1. The lowest BCUT2D eigenvalue weighted by molar-refractivity contribution is -0.131. The Morgan fingerprint density at radius 3 is 2.35 bits per heavy atom. The van der Waals surface area contributed by atoms with Gasteiger partial charge in [0.05, 0.1) is 11.5 Å². The molecular weight excluding hydrogens is 329 g/mol. The van der Waals surface area contributed by atoms with Gasteiger partial charge in [-0.2, -0.15) is 5.26 Å². The predicted molar refractivity (Wildman–Crippen MR) is 96.8 cm³/mol. The van der Waals surface area contributed by atoms with Crippen LogP contribution >= 0.6 is 0 Å². The third kappa shape index (κ3) is 2.72. The van der Waals surface area contributed by atoms with Crippen molar-refractivity contribution >= 4 is 5.91 Å². The molecule has 1 saturated carbocycles. The van der Waals surface area contributed by atoms with Crippen LogP contribution in [-0.2, 0) is 4.79 Å². The van der Waals surface area contributed by atoms with E-state index in [1.165, 1.54) is 18.6 Å². The number of carbonyl (C=O) groups excluding carboxylic acids is 1. The molecule has 5 heteroatoms. The molecule has 3 aliphatic rings. The molecule has 1 aromatic carbocycles. The lowest BCUT2D eigenvalue weighted by Crippen LogP contribution is -2.55. The van der Waals surface area contributed by atoms with E-state index in [0.717, 1.165) is 57.2 Å². The number of amides is 1. The molecule has 2 aliphatic heterocycles. The summed E-state index contributed by atoms with van der Waals surface area (Å²) in [7, 11) is 0. The van der Waals surface area contributed by atoms with Gasteiger partial charge in [0.2, 0.25) is 5.91 Å². The Morgan fingerprint density at radius 1 is 1.08 bits per heavy atom. The standard InChI is InChI=1S/C21H26FN3O/c22-17-6-4-16(5-7-17)18-14-24-19(26)21(18)10-12-25(13-11-21)20(15-23)8-2-1-3-9-20/h4-7,18H,1-3,8-14H2,(H,24,26)/t18-/m0/s1.